The average molecular weight is 287 g/mol. The van der Waals surface area contributed by atoms with Crippen molar-refractivity contribution in [1.29, 1.82) is 0 Å². The van der Waals surface area contributed by atoms with Crippen LogP contribution in [0.15, 0.2) is 63.7 Å². The molecule has 0 aromatic heterocycles. The third-order valence-corrected chi connectivity index (χ3v) is 2.28. The molecular weight excluding hydrogens is 266 g/mol. The van der Waals surface area contributed by atoms with Gasteiger partial charge in [0, 0.05) is 19.5 Å². The molecule has 0 rings (SSSR count). The van der Waals surface area contributed by atoms with Gasteiger partial charge in [0.2, 0.25) is 0 Å². The fourth-order valence-corrected chi connectivity index (χ4v) is 1.28. The van der Waals surface area contributed by atoms with Gasteiger partial charge in [-0.15, -0.1) is 0 Å². The molecule has 5 nitrogen and oxygen atoms in total. The summed E-state index contributed by atoms with van der Waals surface area (Å²) >= 11 is 0. The minimum atomic E-state index is -0.350. The average Bonchev–Trinajstić information content (AvgIpc) is 2.51. The lowest BCUT2D eigenvalue weighted by Crippen LogP contribution is -2.03. The smallest absolute Gasteiger partial charge is 0.309 e. The Kier molecular flexibility index (Phi) is 9.91. The number of carbonyl (C=O) groups excluding carboxylic acids is 1. The molecule has 0 bridgehead atoms. The van der Waals surface area contributed by atoms with E-state index in [0.717, 1.165) is 5.57 Å². The predicted molar refractivity (Wildman–Crippen MR) is 89.2 cm³/mol. The van der Waals surface area contributed by atoms with Gasteiger partial charge in [-0.3, -0.25) is 14.8 Å². The number of allylic oxidation sites excluding steroid dienone is 4. The molecule has 0 spiro atoms. The summed E-state index contributed by atoms with van der Waals surface area (Å²) in [5.41, 5.74) is 1.29. The maximum Gasteiger partial charge on any atom is 0.309 e. The summed E-state index contributed by atoms with van der Waals surface area (Å²) in [6, 6.07) is 0. The highest BCUT2D eigenvalue weighted by Gasteiger charge is 2.05. The monoisotopic (exact) mass is 287 g/mol. The van der Waals surface area contributed by atoms with Crippen LogP contribution in [0.5, 0.6) is 0 Å². The van der Waals surface area contributed by atoms with Crippen molar-refractivity contribution < 1.29 is 9.53 Å². The minimum absolute atomic E-state index is 0.106. The van der Waals surface area contributed by atoms with Crippen molar-refractivity contribution in [3.05, 3.63) is 48.7 Å². The fraction of sp³-hybridized carbons (Fsp3) is 0.250. The lowest BCUT2D eigenvalue weighted by Gasteiger charge is -2.01. The number of methoxy groups -OCH3 is 1. The Balaban J connectivity index is 5.31. The van der Waals surface area contributed by atoms with Crippen molar-refractivity contribution >= 4 is 24.2 Å². The first-order valence-electron chi connectivity index (χ1n) is 6.34. The molecule has 112 valence electrons. The first-order chi connectivity index (χ1) is 10.1. The molecule has 5 heteroatoms. The van der Waals surface area contributed by atoms with E-state index in [4.69, 9.17) is 0 Å². The first kappa shape index (κ1) is 18.4. The van der Waals surface area contributed by atoms with Crippen molar-refractivity contribution in [2.45, 2.75) is 13.3 Å². The molecule has 0 heterocycles. The van der Waals surface area contributed by atoms with Crippen LogP contribution in [0.3, 0.4) is 0 Å². The molecule has 0 amide bonds. The molecule has 0 fully saturated rings. The predicted octanol–water partition coefficient (Wildman–Crippen LogP) is 2.92. The van der Waals surface area contributed by atoms with E-state index in [9.17, 15) is 4.79 Å². The largest absolute Gasteiger partial charge is 0.469 e. The van der Waals surface area contributed by atoms with Crippen molar-refractivity contribution in [3.8, 4) is 0 Å². The van der Waals surface area contributed by atoms with E-state index in [0.29, 0.717) is 11.5 Å². The lowest BCUT2D eigenvalue weighted by molar-refractivity contribution is -0.139. The Labute approximate surface area is 125 Å². The van der Waals surface area contributed by atoms with Crippen molar-refractivity contribution in [3.63, 3.8) is 0 Å². The van der Waals surface area contributed by atoms with E-state index in [2.05, 4.69) is 32.9 Å². The number of aliphatic imine (C=N–C) groups is 3. The normalized spacial score (nSPS) is 13.8. The van der Waals surface area contributed by atoms with Crippen LogP contribution in [0.25, 0.3) is 0 Å². The van der Waals surface area contributed by atoms with Gasteiger partial charge < -0.3 is 4.74 Å². The zero-order valence-electron chi connectivity index (χ0n) is 12.7. The van der Waals surface area contributed by atoms with Crippen molar-refractivity contribution in [2.24, 2.45) is 15.0 Å². The lowest BCUT2D eigenvalue weighted by atomic mass is 10.2. The number of rotatable bonds is 7. The number of carbonyl (C=O) groups is 1. The second-order valence-corrected chi connectivity index (χ2v) is 3.67. The standard InChI is InChI=1S/C16H21N3O2/c1-6-9-13(7-2)12-19-16(17-4)14(18-8-3)10-11-15(20)21-5/h6-10,12H,1-2,11H2,3-5H3/b13-9+,14-10+,17-16?,18-8?,19-12?. The summed E-state index contributed by atoms with van der Waals surface area (Å²) in [7, 11) is 2.94. The van der Waals surface area contributed by atoms with Gasteiger partial charge in [0.25, 0.3) is 0 Å². The highest BCUT2D eigenvalue weighted by molar-refractivity contribution is 6.05. The summed E-state index contributed by atoms with van der Waals surface area (Å²) in [6.07, 6.45) is 10.0. The fourth-order valence-electron chi connectivity index (χ4n) is 1.28. The van der Waals surface area contributed by atoms with Gasteiger partial charge in [-0.2, -0.15) is 0 Å². The molecule has 0 radical (unpaired) electrons. The van der Waals surface area contributed by atoms with Gasteiger partial charge in [0.15, 0.2) is 5.84 Å². The van der Waals surface area contributed by atoms with E-state index >= 15 is 0 Å². The number of nitrogens with zero attached hydrogens (tertiary/aromatic N) is 3. The highest BCUT2D eigenvalue weighted by atomic mass is 16.5. The molecule has 0 saturated carbocycles. The van der Waals surface area contributed by atoms with E-state index < -0.39 is 0 Å². The molecule has 0 atom stereocenters. The highest BCUT2D eigenvalue weighted by Crippen LogP contribution is 2.05. The number of esters is 1. The van der Waals surface area contributed by atoms with Crippen LogP contribution in [0.1, 0.15) is 13.3 Å². The second-order valence-electron chi connectivity index (χ2n) is 3.67. The zero-order valence-corrected chi connectivity index (χ0v) is 12.7. The van der Waals surface area contributed by atoms with Gasteiger partial charge in [-0.1, -0.05) is 31.4 Å². The number of amidine groups is 1. The van der Waals surface area contributed by atoms with Crippen LogP contribution in [0, 0.1) is 0 Å². The second kappa shape index (κ2) is 11.3. The summed E-state index contributed by atoms with van der Waals surface area (Å²) < 4.78 is 4.59. The molecule has 21 heavy (non-hydrogen) atoms. The molecule has 0 aliphatic carbocycles. The van der Waals surface area contributed by atoms with Gasteiger partial charge in [-0.05, 0) is 18.6 Å². The Morgan fingerprint density at radius 1 is 1.29 bits per heavy atom. The van der Waals surface area contributed by atoms with Gasteiger partial charge in [-0.25, -0.2) is 4.99 Å². The maximum atomic E-state index is 11.2. The molecule has 0 aromatic carbocycles. The molecule has 0 saturated heterocycles. The van der Waals surface area contributed by atoms with E-state index in [1.165, 1.54) is 7.11 Å². The van der Waals surface area contributed by atoms with Crippen LogP contribution in [-0.4, -0.2) is 38.4 Å². The molecular formula is C16H21N3O2. The maximum absolute atomic E-state index is 11.2. The van der Waals surface area contributed by atoms with Gasteiger partial charge in [0.1, 0.15) is 5.70 Å². The number of hydrogen-bond donors (Lipinski definition) is 0. The van der Waals surface area contributed by atoms with Crippen molar-refractivity contribution in [2.75, 3.05) is 14.2 Å². The molecule has 0 aromatic rings. The summed E-state index contributed by atoms with van der Waals surface area (Å²) in [4.78, 5) is 23.7. The quantitative estimate of drug-likeness (QED) is 0.313. The van der Waals surface area contributed by atoms with E-state index in [-0.39, 0.29) is 12.4 Å². The minimum Gasteiger partial charge on any atom is -0.469 e. The van der Waals surface area contributed by atoms with Gasteiger partial charge >= 0.3 is 5.97 Å². The van der Waals surface area contributed by atoms with Crippen LogP contribution in [0.2, 0.25) is 0 Å². The molecule has 0 aliphatic rings. The van der Waals surface area contributed by atoms with Crippen molar-refractivity contribution in [1.82, 2.24) is 0 Å². The zero-order chi connectivity index (χ0) is 16.1. The Morgan fingerprint density at radius 3 is 2.48 bits per heavy atom. The molecule has 0 aliphatic heterocycles. The van der Waals surface area contributed by atoms with Crippen LogP contribution >= 0.6 is 0 Å². The van der Waals surface area contributed by atoms with E-state index in [1.54, 1.807) is 50.7 Å². The summed E-state index contributed by atoms with van der Waals surface area (Å²) in [6.45, 7) is 9.07. The number of ether oxygens (including phenoxy) is 1. The number of hydrogen-bond acceptors (Lipinski definition) is 4. The van der Waals surface area contributed by atoms with Gasteiger partial charge in [0.05, 0.1) is 13.5 Å². The molecule has 0 N–H and O–H groups in total. The SMILES string of the molecule is C=C/C=C(\C=C)C=NC(=NC)/C(=C\CC(=O)OC)N=CC. The van der Waals surface area contributed by atoms with Crippen LogP contribution in [0.4, 0.5) is 0 Å². The van der Waals surface area contributed by atoms with Crippen LogP contribution in [-0.2, 0) is 9.53 Å². The topological polar surface area (TPSA) is 63.4 Å². The summed E-state index contributed by atoms with van der Waals surface area (Å²) in [5.74, 6) is 0.0605. The Morgan fingerprint density at radius 2 is 2.00 bits per heavy atom. The first-order valence-corrected chi connectivity index (χ1v) is 6.34. The third kappa shape index (κ3) is 7.57. The molecule has 0 unspecified atom stereocenters. The van der Waals surface area contributed by atoms with E-state index in [1.807, 2.05) is 0 Å². The Bertz CT molecular complexity index is 524. The van der Waals surface area contributed by atoms with Crippen LogP contribution < -0.4 is 0 Å². The summed E-state index contributed by atoms with van der Waals surface area (Å²) in [5, 5.41) is 0. The Hall–Kier alpha value is -2.56. The third-order valence-electron chi connectivity index (χ3n) is 2.28.